The Morgan fingerprint density at radius 2 is 1.53 bits per heavy atom. The number of hydrogen-bond donors (Lipinski definition) is 1. The molecule has 0 saturated carbocycles. The van der Waals surface area contributed by atoms with Crippen LogP contribution < -0.4 is 9.62 Å². The highest BCUT2D eigenvalue weighted by Crippen LogP contribution is 2.28. The van der Waals surface area contributed by atoms with E-state index in [2.05, 4.69) is 5.32 Å². The van der Waals surface area contributed by atoms with Crippen LogP contribution in [-0.4, -0.2) is 44.3 Å². The Morgan fingerprint density at radius 3 is 2.14 bits per heavy atom. The fraction of sp³-hybridized carbons (Fsp3) is 0.286. The Labute approximate surface area is 213 Å². The van der Waals surface area contributed by atoms with Gasteiger partial charge in [-0.05, 0) is 62.6 Å². The first kappa shape index (κ1) is 26.9. The maximum atomic E-state index is 13.8. The van der Waals surface area contributed by atoms with Crippen molar-refractivity contribution in [2.24, 2.45) is 0 Å². The lowest BCUT2D eigenvalue weighted by Crippen LogP contribution is -2.51. The first-order valence-corrected chi connectivity index (χ1v) is 13.3. The van der Waals surface area contributed by atoms with Gasteiger partial charge in [0.25, 0.3) is 10.0 Å². The van der Waals surface area contributed by atoms with Gasteiger partial charge in [-0.3, -0.25) is 13.9 Å². The summed E-state index contributed by atoms with van der Waals surface area (Å²) in [4.78, 5) is 28.0. The van der Waals surface area contributed by atoms with Crippen LogP contribution in [0.4, 0.5) is 5.69 Å². The van der Waals surface area contributed by atoms with Gasteiger partial charge >= 0.3 is 0 Å². The van der Waals surface area contributed by atoms with E-state index in [1.807, 2.05) is 63.2 Å². The third-order valence-electron chi connectivity index (χ3n) is 5.96. The molecule has 0 fully saturated rings. The van der Waals surface area contributed by atoms with Crippen molar-refractivity contribution >= 4 is 27.5 Å². The normalized spacial score (nSPS) is 12.0. The predicted molar refractivity (Wildman–Crippen MR) is 142 cm³/mol. The molecule has 0 aromatic heterocycles. The van der Waals surface area contributed by atoms with Gasteiger partial charge in [-0.2, -0.15) is 0 Å². The lowest BCUT2D eigenvalue weighted by Gasteiger charge is -2.32. The molecular formula is C28H33N3O4S. The van der Waals surface area contributed by atoms with Crippen LogP contribution in [-0.2, 0) is 26.2 Å². The van der Waals surface area contributed by atoms with Gasteiger partial charge in [0.1, 0.15) is 12.6 Å². The second kappa shape index (κ2) is 11.9. The average Bonchev–Trinajstić information content (AvgIpc) is 2.88. The molecule has 0 heterocycles. The van der Waals surface area contributed by atoms with Crippen molar-refractivity contribution in [3.8, 4) is 0 Å². The molecule has 0 aliphatic heterocycles. The summed E-state index contributed by atoms with van der Waals surface area (Å²) < 4.78 is 28.7. The van der Waals surface area contributed by atoms with E-state index in [-0.39, 0.29) is 17.3 Å². The topological polar surface area (TPSA) is 86.8 Å². The molecule has 2 amide bonds. The molecule has 1 N–H and O–H groups in total. The fourth-order valence-corrected chi connectivity index (χ4v) is 5.40. The molecule has 0 aliphatic rings. The monoisotopic (exact) mass is 507 g/mol. The molecule has 3 aromatic rings. The van der Waals surface area contributed by atoms with Crippen molar-refractivity contribution in [2.75, 3.05) is 17.4 Å². The number of rotatable bonds is 10. The van der Waals surface area contributed by atoms with Crippen molar-refractivity contribution in [2.45, 2.75) is 45.2 Å². The molecular weight excluding hydrogens is 474 g/mol. The Balaban J connectivity index is 2.05. The van der Waals surface area contributed by atoms with Crippen LogP contribution in [0.25, 0.3) is 0 Å². The molecule has 3 rings (SSSR count). The van der Waals surface area contributed by atoms with Gasteiger partial charge in [-0.15, -0.1) is 0 Å². The molecule has 0 spiro atoms. The molecule has 8 heteroatoms. The second-order valence-corrected chi connectivity index (χ2v) is 10.6. The zero-order valence-corrected chi connectivity index (χ0v) is 22.0. The number of anilines is 1. The predicted octanol–water partition coefficient (Wildman–Crippen LogP) is 4.05. The number of hydrogen-bond acceptors (Lipinski definition) is 4. The zero-order chi connectivity index (χ0) is 26.3. The lowest BCUT2D eigenvalue weighted by atomic mass is 10.1. The van der Waals surface area contributed by atoms with Gasteiger partial charge in [-0.1, -0.05) is 60.7 Å². The molecule has 7 nitrogen and oxygen atoms in total. The summed E-state index contributed by atoms with van der Waals surface area (Å²) in [6, 6.07) is 22.1. The summed E-state index contributed by atoms with van der Waals surface area (Å²) in [6.07, 6.45) is 0. The Bertz CT molecular complexity index is 1290. The highest BCUT2D eigenvalue weighted by Gasteiger charge is 2.33. The third-order valence-corrected chi connectivity index (χ3v) is 7.73. The highest BCUT2D eigenvalue weighted by molar-refractivity contribution is 7.92. The van der Waals surface area contributed by atoms with Crippen molar-refractivity contribution in [3.63, 3.8) is 0 Å². The van der Waals surface area contributed by atoms with Crippen LogP contribution in [0.2, 0.25) is 0 Å². The smallest absolute Gasteiger partial charge is 0.264 e. The molecule has 3 aromatic carbocycles. The minimum Gasteiger partial charge on any atom is -0.355 e. The summed E-state index contributed by atoms with van der Waals surface area (Å²) >= 11 is 0. The molecule has 0 radical (unpaired) electrons. The van der Waals surface area contributed by atoms with E-state index >= 15 is 0 Å². The van der Waals surface area contributed by atoms with E-state index in [1.165, 1.54) is 17.0 Å². The largest absolute Gasteiger partial charge is 0.355 e. The summed E-state index contributed by atoms with van der Waals surface area (Å²) in [6.45, 7) is 7.29. The third kappa shape index (κ3) is 6.31. The van der Waals surface area contributed by atoms with Gasteiger partial charge < -0.3 is 10.2 Å². The quantitative estimate of drug-likeness (QED) is 0.449. The van der Waals surface area contributed by atoms with Crippen LogP contribution in [0, 0.1) is 13.8 Å². The standard InChI is InChI=1S/C28H33N3O4S/c1-5-29-28(33)23(4)30(19-24-12-8-6-9-13-24)27(32)20-31(26-18-21(2)16-17-22(26)3)36(34,35)25-14-10-7-11-15-25/h6-18,23H,5,19-20H2,1-4H3,(H,29,33)/t23-/m1/s1. The first-order chi connectivity index (χ1) is 17.1. The van der Waals surface area contributed by atoms with E-state index in [0.29, 0.717) is 12.2 Å². The van der Waals surface area contributed by atoms with Gasteiger partial charge in [0.2, 0.25) is 11.8 Å². The molecule has 0 bridgehead atoms. The number of amides is 2. The van der Waals surface area contributed by atoms with Gasteiger partial charge in [0.15, 0.2) is 0 Å². The summed E-state index contributed by atoms with van der Waals surface area (Å²) in [7, 11) is -4.07. The average molecular weight is 508 g/mol. The van der Waals surface area contributed by atoms with E-state index in [1.54, 1.807) is 31.2 Å². The van der Waals surface area contributed by atoms with Crippen LogP contribution in [0.15, 0.2) is 83.8 Å². The Hall–Kier alpha value is -3.65. The van der Waals surface area contributed by atoms with Crippen molar-refractivity contribution in [1.82, 2.24) is 10.2 Å². The number of carbonyl (C=O) groups excluding carboxylic acids is 2. The van der Waals surface area contributed by atoms with Crippen molar-refractivity contribution in [3.05, 3.63) is 95.6 Å². The number of sulfonamides is 1. The molecule has 190 valence electrons. The summed E-state index contributed by atoms with van der Waals surface area (Å²) in [5.41, 5.74) is 2.86. The fourth-order valence-electron chi connectivity index (χ4n) is 3.91. The number of likely N-dealkylation sites (N-methyl/N-ethyl adjacent to an activating group) is 1. The summed E-state index contributed by atoms with van der Waals surface area (Å²) in [5, 5.41) is 2.76. The number of nitrogens with one attached hydrogen (secondary N) is 1. The maximum absolute atomic E-state index is 13.8. The second-order valence-electron chi connectivity index (χ2n) is 8.69. The van der Waals surface area contributed by atoms with Crippen molar-refractivity contribution in [1.29, 1.82) is 0 Å². The van der Waals surface area contributed by atoms with Gasteiger partial charge in [0.05, 0.1) is 10.6 Å². The zero-order valence-electron chi connectivity index (χ0n) is 21.1. The molecule has 0 saturated heterocycles. The van der Waals surface area contributed by atoms with E-state index in [9.17, 15) is 18.0 Å². The van der Waals surface area contributed by atoms with Crippen LogP contribution in [0.3, 0.4) is 0 Å². The van der Waals surface area contributed by atoms with E-state index < -0.39 is 28.5 Å². The molecule has 0 aliphatic carbocycles. The van der Waals surface area contributed by atoms with Crippen LogP contribution in [0.1, 0.15) is 30.5 Å². The number of benzene rings is 3. The molecule has 0 unspecified atom stereocenters. The van der Waals surface area contributed by atoms with Gasteiger partial charge in [0, 0.05) is 13.1 Å². The van der Waals surface area contributed by atoms with Crippen molar-refractivity contribution < 1.29 is 18.0 Å². The lowest BCUT2D eigenvalue weighted by molar-refractivity contribution is -0.139. The van der Waals surface area contributed by atoms with Crippen LogP contribution in [0.5, 0.6) is 0 Å². The van der Waals surface area contributed by atoms with Gasteiger partial charge in [-0.25, -0.2) is 8.42 Å². The number of aryl methyl sites for hydroxylation is 2. The van der Waals surface area contributed by atoms with Crippen LogP contribution >= 0.6 is 0 Å². The molecule has 1 atom stereocenters. The number of nitrogens with zero attached hydrogens (tertiary/aromatic N) is 2. The molecule has 36 heavy (non-hydrogen) atoms. The number of carbonyl (C=O) groups is 2. The Kier molecular flexibility index (Phi) is 8.88. The van der Waals surface area contributed by atoms with E-state index in [0.717, 1.165) is 21.0 Å². The summed E-state index contributed by atoms with van der Waals surface area (Å²) in [5.74, 6) is -0.774. The first-order valence-electron chi connectivity index (χ1n) is 11.9. The SMILES string of the molecule is CCNC(=O)[C@@H](C)N(Cc1ccccc1)C(=O)CN(c1cc(C)ccc1C)S(=O)(=O)c1ccccc1. The van der Waals surface area contributed by atoms with E-state index in [4.69, 9.17) is 0 Å². The minimum atomic E-state index is -4.07. The minimum absolute atomic E-state index is 0.0880. The highest BCUT2D eigenvalue weighted by atomic mass is 32.2. The maximum Gasteiger partial charge on any atom is 0.264 e. The Morgan fingerprint density at radius 1 is 0.917 bits per heavy atom.